The molecule has 2 nitrogen and oxygen atoms in total. The van der Waals surface area contributed by atoms with Gasteiger partial charge < -0.3 is 5.32 Å². The maximum absolute atomic E-state index is 11.8. The van der Waals surface area contributed by atoms with Gasteiger partial charge in [0.15, 0.2) is 0 Å². The van der Waals surface area contributed by atoms with Crippen molar-refractivity contribution in [2.75, 3.05) is 0 Å². The Kier molecular flexibility index (Phi) is 5.62. The van der Waals surface area contributed by atoms with E-state index in [0.717, 1.165) is 12.0 Å². The molecular formula is C14H21NO. The molecule has 1 aromatic rings. The van der Waals surface area contributed by atoms with Crippen molar-refractivity contribution in [1.29, 1.82) is 0 Å². The zero-order valence-electron chi connectivity index (χ0n) is 10.2. The molecule has 1 rings (SSSR count). The van der Waals surface area contributed by atoms with Crippen LogP contribution in [0.2, 0.25) is 0 Å². The van der Waals surface area contributed by atoms with E-state index >= 15 is 0 Å². The summed E-state index contributed by atoms with van der Waals surface area (Å²) in [5.74, 6) is 0.0320. The van der Waals surface area contributed by atoms with Crippen LogP contribution in [-0.4, -0.2) is 11.9 Å². The second-order valence-corrected chi connectivity index (χ2v) is 4.24. The summed E-state index contributed by atoms with van der Waals surface area (Å²) in [5, 5.41) is 3.02. The third-order valence-corrected chi connectivity index (χ3v) is 2.65. The summed E-state index contributed by atoms with van der Waals surface area (Å²) in [6, 6.07) is 9.64. The first-order valence-corrected chi connectivity index (χ1v) is 6.10. The number of rotatable bonds is 6. The maximum Gasteiger partial charge on any atom is 0.251 e. The van der Waals surface area contributed by atoms with Crippen molar-refractivity contribution in [3.63, 3.8) is 0 Å². The van der Waals surface area contributed by atoms with Gasteiger partial charge in [-0.25, -0.2) is 0 Å². The van der Waals surface area contributed by atoms with Crippen LogP contribution in [0.15, 0.2) is 30.3 Å². The molecular weight excluding hydrogens is 198 g/mol. The molecule has 1 aromatic carbocycles. The van der Waals surface area contributed by atoms with E-state index in [9.17, 15) is 4.79 Å². The van der Waals surface area contributed by atoms with Crippen molar-refractivity contribution in [2.24, 2.45) is 0 Å². The first-order chi connectivity index (χ1) is 7.74. The minimum Gasteiger partial charge on any atom is -0.350 e. The lowest BCUT2D eigenvalue weighted by molar-refractivity contribution is 0.0938. The normalized spacial score (nSPS) is 12.1. The highest BCUT2D eigenvalue weighted by Gasteiger charge is 2.08. The fraction of sp³-hybridized carbons (Fsp3) is 0.500. The zero-order valence-corrected chi connectivity index (χ0v) is 10.2. The maximum atomic E-state index is 11.8. The van der Waals surface area contributed by atoms with Gasteiger partial charge in [-0.3, -0.25) is 4.79 Å². The molecule has 0 aliphatic rings. The predicted molar refractivity (Wildman–Crippen MR) is 67.5 cm³/mol. The van der Waals surface area contributed by atoms with Crippen molar-refractivity contribution in [3.05, 3.63) is 35.9 Å². The molecule has 0 fully saturated rings. The summed E-state index contributed by atoms with van der Waals surface area (Å²) in [7, 11) is 0. The number of amides is 1. The van der Waals surface area contributed by atoms with Crippen molar-refractivity contribution in [2.45, 2.75) is 45.6 Å². The van der Waals surface area contributed by atoms with Gasteiger partial charge in [0, 0.05) is 11.6 Å². The van der Waals surface area contributed by atoms with Crippen LogP contribution in [0.4, 0.5) is 0 Å². The SMILES string of the molecule is CCCCC[C@H](C)NC(=O)c1ccccc1. The van der Waals surface area contributed by atoms with Gasteiger partial charge in [0.1, 0.15) is 0 Å². The molecule has 0 bridgehead atoms. The zero-order chi connectivity index (χ0) is 11.8. The molecule has 0 saturated heterocycles. The first kappa shape index (κ1) is 12.8. The molecule has 0 saturated carbocycles. The summed E-state index contributed by atoms with van der Waals surface area (Å²) < 4.78 is 0. The fourth-order valence-electron chi connectivity index (χ4n) is 1.67. The molecule has 16 heavy (non-hydrogen) atoms. The molecule has 0 aromatic heterocycles. The first-order valence-electron chi connectivity index (χ1n) is 6.10. The van der Waals surface area contributed by atoms with Crippen LogP contribution in [0.5, 0.6) is 0 Å². The lowest BCUT2D eigenvalue weighted by Crippen LogP contribution is -2.32. The minimum atomic E-state index is 0.0320. The Balaban J connectivity index is 2.34. The summed E-state index contributed by atoms with van der Waals surface area (Å²) in [4.78, 5) is 11.8. The highest BCUT2D eigenvalue weighted by atomic mass is 16.1. The molecule has 0 aliphatic carbocycles. The summed E-state index contributed by atoms with van der Waals surface area (Å²) >= 11 is 0. The van der Waals surface area contributed by atoms with E-state index in [-0.39, 0.29) is 11.9 Å². The van der Waals surface area contributed by atoms with Gasteiger partial charge >= 0.3 is 0 Å². The van der Waals surface area contributed by atoms with Gasteiger partial charge in [-0.2, -0.15) is 0 Å². The molecule has 1 amide bonds. The van der Waals surface area contributed by atoms with Crippen LogP contribution in [0.25, 0.3) is 0 Å². The quantitative estimate of drug-likeness (QED) is 0.730. The average Bonchev–Trinajstić information content (AvgIpc) is 2.30. The van der Waals surface area contributed by atoms with Gasteiger partial charge in [-0.15, -0.1) is 0 Å². The molecule has 88 valence electrons. The van der Waals surface area contributed by atoms with Crippen LogP contribution in [0.1, 0.15) is 49.9 Å². The monoisotopic (exact) mass is 219 g/mol. The van der Waals surface area contributed by atoms with Crippen molar-refractivity contribution in [3.8, 4) is 0 Å². The van der Waals surface area contributed by atoms with Crippen LogP contribution >= 0.6 is 0 Å². The van der Waals surface area contributed by atoms with Crippen molar-refractivity contribution in [1.82, 2.24) is 5.32 Å². The van der Waals surface area contributed by atoms with Crippen LogP contribution in [0, 0.1) is 0 Å². The van der Waals surface area contributed by atoms with Gasteiger partial charge in [-0.1, -0.05) is 44.4 Å². The minimum absolute atomic E-state index is 0.0320. The molecule has 0 unspecified atom stereocenters. The summed E-state index contributed by atoms with van der Waals surface area (Å²) in [6.45, 7) is 4.25. The topological polar surface area (TPSA) is 29.1 Å². The Bertz CT molecular complexity index is 308. The van der Waals surface area contributed by atoms with E-state index in [1.807, 2.05) is 30.3 Å². The number of carbonyl (C=O) groups excluding carboxylic acids is 1. The van der Waals surface area contributed by atoms with Crippen molar-refractivity contribution < 1.29 is 4.79 Å². The van der Waals surface area contributed by atoms with E-state index in [4.69, 9.17) is 0 Å². The van der Waals surface area contributed by atoms with E-state index < -0.39 is 0 Å². The van der Waals surface area contributed by atoms with Crippen molar-refractivity contribution >= 4 is 5.91 Å². The van der Waals surface area contributed by atoms with Crippen LogP contribution in [-0.2, 0) is 0 Å². The van der Waals surface area contributed by atoms with Gasteiger partial charge in [0.2, 0.25) is 0 Å². The summed E-state index contributed by atoms with van der Waals surface area (Å²) in [5.41, 5.74) is 0.741. The van der Waals surface area contributed by atoms with Crippen LogP contribution < -0.4 is 5.32 Å². The van der Waals surface area contributed by atoms with Crippen LogP contribution in [0.3, 0.4) is 0 Å². The molecule has 0 heterocycles. The number of nitrogens with one attached hydrogen (secondary N) is 1. The third-order valence-electron chi connectivity index (χ3n) is 2.65. The van der Waals surface area contributed by atoms with Gasteiger partial charge in [-0.05, 0) is 25.5 Å². The Hall–Kier alpha value is -1.31. The van der Waals surface area contributed by atoms with E-state index in [1.54, 1.807) is 0 Å². The lowest BCUT2D eigenvalue weighted by Gasteiger charge is -2.13. The fourth-order valence-corrected chi connectivity index (χ4v) is 1.67. The number of unbranched alkanes of at least 4 members (excludes halogenated alkanes) is 2. The molecule has 0 aliphatic heterocycles. The van der Waals surface area contributed by atoms with E-state index in [0.29, 0.717) is 0 Å². The molecule has 0 radical (unpaired) electrons. The second kappa shape index (κ2) is 7.04. The summed E-state index contributed by atoms with van der Waals surface area (Å²) in [6.07, 6.45) is 4.71. The highest BCUT2D eigenvalue weighted by molar-refractivity contribution is 5.94. The molecule has 1 N–H and O–H groups in total. The van der Waals surface area contributed by atoms with Gasteiger partial charge in [0.05, 0.1) is 0 Å². The Morgan fingerprint density at radius 1 is 1.25 bits per heavy atom. The smallest absolute Gasteiger partial charge is 0.251 e. The van der Waals surface area contributed by atoms with E-state index in [1.165, 1.54) is 19.3 Å². The molecule has 0 spiro atoms. The number of carbonyl (C=O) groups is 1. The Labute approximate surface area is 98.1 Å². The second-order valence-electron chi connectivity index (χ2n) is 4.24. The predicted octanol–water partition coefficient (Wildman–Crippen LogP) is 3.39. The molecule has 1 atom stereocenters. The highest BCUT2D eigenvalue weighted by Crippen LogP contribution is 2.04. The Morgan fingerprint density at radius 2 is 1.94 bits per heavy atom. The average molecular weight is 219 g/mol. The third kappa shape index (κ3) is 4.47. The number of hydrogen-bond acceptors (Lipinski definition) is 1. The Morgan fingerprint density at radius 3 is 2.56 bits per heavy atom. The number of hydrogen-bond donors (Lipinski definition) is 1. The number of benzene rings is 1. The molecule has 2 heteroatoms. The van der Waals surface area contributed by atoms with E-state index in [2.05, 4.69) is 19.2 Å². The lowest BCUT2D eigenvalue weighted by atomic mass is 10.1. The largest absolute Gasteiger partial charge is 0.350 e. The van der Waals surface area contributed by atoms with Gasteiger partial charge in [0.25, 0.3) is 5.91 Å². The standard InChI is InChI=1S/C14H21NO/c1-3-4-6-9-12(2)15-14(16)13-10-7-5-8-11-13/h5,7-8,10-12H,3-4,6,9H2,1-2H3,(H,15,16)/t12-/m0/s1.